The molecule has 17 heavy (non-hydrogen) atoms. The maximum absolute atomic E-state index is 10.7. The van der Waals surface area contributed by atoms with Gasteiger partial charge in [-0.3, -0.25) is 10.1 Å². The SMILES string of the molecule is Cc1cc([N+](=O)[O-])c(C)cc1OCC=CCS. The molecule has 1 aromatic carbocycles. The third kappa shape index (κ3) is 3.78. The Hall–Kier alpha value is -1.49. The van der Waals surface area contributed by atoms with E-state index < -0.39 is 0 Å². The second-order valence-corrected chi connectivity index (χ2v) is 3.99. The third-order valence-corrected chi connectivity index (χ3v) is 2.51. The van der Waals surface area contributed by atoms with Gasteiger partial charge in [-0.1, -0.05) is 12.2 Å². The van der Waals surface area contributed by atoms with Gasteiger partial charge in [0, 0.05) is 17.4 Å². The van der Waals surface area contributed by atoms with Crippen molar-refractivity contribution in [3.8, 4) is 5.75 Å². The van der Waals surface area contributed by atoms with Crippen LogP contribution in [0.1, 0.15) is 11.1 Å². The molecular formula is C12H15NO3S. The van der Waals surface area contributed by atoms with Crippen molar-refractivity contribution in [3.63, 3.8) is 0 Å². The van der Waals surface area contributed by atoms with Crippen molar-refractivity contribution < 1.29 is 9.66 Å². The minimum atomic E-state index is -0.382. The molecule has 0 bridgehead atoms. The molecule has 0 heterocycles. The molecule has 0 atom stereocenters. The Bertz CT molecular complexity index is 444. The predicted octanol–water partition coefficient (Wildman–Crippen LogP) is 3.08. The lowest BCUT2D eigenvalue weighted by Gasteiger charge is -2.08. The molecule has 0 spiro atoms. The molecule has 0 radical (unpaired) electrons. The third-order valence-electron chi connectivity index (χ3n) is 2.30. The summed E-state index contributed by atoms with van der Waals surface area (Å²) in [5, 5.41) is 10.7. The van der Waals surface area contributed by atoms with Crippen molar-refractivity contribution >= 4 is 18.3 Å². The zero-order chi connectivity index (χ0) is 12.8. The Morgan fingerprint density at radius 2 is 2.06 bits per heavy atom. The van der Waals surface area contributed by atoms with Gasteiger partial charge >= 0.3 is 0 Å². The standard InChI is InChI=1S/C12H15NO3S/c1-9-8-12(16-5-3-4-6-17)10(2)7-11(9)13(14)15/h3-4,7-8,17H,5-6H2,1-2H3. The van der Waals surface area contributed by atoms with Crippen LogP contribution in [-0.4, -0.2) is 17.3 Å². The maximum atomic E-state index is 10.7. The highest BCUT2D eigenvalue weighted by Gasteiger charge is 2.13. The lowest BCUT2D eigenvalue weighted by atomic mass is 10.1. The second kappa shape index (κ2) is 6.30. The molecule has 0 aliphatic heterocycles. The van der Waals surface area contributed by atoms with Gasteiger partial charge in [0.15, 0.2) is 0 Å². The van der Waals surface area contributed by atoms with Gasteiger partial charge < -0.3 is 4.74 Å². The summed E-state index contributed by atoms with van der Waals surface area (Å²) in [6.07, 6.45) is 3.75. The summed E-state index contributed by atoms with van der Waals surface area (Å²) in [5.74, 6) is 1.35. The number of benzene rings is 1. The molecule has 0 saturated heterocycles. The van der Waals surface area contributed by atoms with E-state index in [0.717, 1.165) is 5.56 Å². The van der Waals surface area contributed by atoms with Crippen molar-refractivity contribution in [2.24, 2.45) is 0 Å². The van der Waals surface area contributed by atoms with Gasteiger partial charge in [-0.25, -0.2) is 0 Å². The molecule has 5 heteroatoms. The summed E-state index contributed by atoms with van der Waals surface area (Å²) in [5.41, 5.74) is 1.50. The van der Waals surface area contributed by atoms with Crippen molar-refractivity contribution in [2.75, 3.05) is 12.4 Å². The van der Waals surface area contributed by atoms with Crippen molar-refractivity contribution in [2.45, 2.75) is 13.8 Å². The minimum absolute atomic E-state index is 0.126. The summed E-state index contributed by atoms with van der Waals surface area (Å²) in [4.78, 5) is 10.3. The molecule has 0 saturated carbocycles. The van der Waals surface area contributed by atoms with E-state index in [1.807, 2.05) is 12.2 Å². The highest BCUT2D eigenvalue weighted by molar-refractivity contribution is 7.80. The summed E-state index contributed by atoms with van der Waals surface area (Å²) >= 11 is 4.04. The lowest BCUT2D eigenvalue weighted by molar-refractivity contribution is -0.385. The topological polar surface area (TPSA) is 52.4 Å². The van der Waals surface area contributed by atoms with Gasteiger partial charge in [0.1, 0.15) is 12.4 Å². The van der Waals surface area contributed by atoms with E-state index in [2.05, 4.69) is 12.6 Å². The number of nitro benzene ring substituents is 1. The van der Waals surface area contributed by atoms with Crippen LogP contribution in [0.15, 0.2) is 24.3 Å². The molecule has 4 nitrogen and oxygen atoms in total. The van der Waals surface area contributed by atoms with Crippen LogP contribution in [0.25, 0.3) is 0 Å². The smallest absolute Gasteiger partial charge is 0.272 e. The molecule has 0 N–H and O–H groups in total. The summed E-state index contributed by atoms with van der Waals surface area (Å²) in [7, 11) is 0. The Morgan fingerprint density at radius 3 is 2.65 bits per heavy atom. The van der Waals surface area contributed by atoms with E-state index in [9.17, 15) is 10.1 Å². The molecule has 0 aromatic heterocycles. The van der Waals surface area contributed by atoms with E-state index in [4.69, 9.17) is 4.74 Å². The number of ether oxygens (including phenoxy) is 1. The maximum Gasteiger partial charge on any atom is 0.272 e. The van der Waals surface area contributed by atoms with Crippen LogP contribution in [0, 0.1) is 24.0 Å². The zero-order valence-corrected chi connectivity index (χ0v) is 10.7. The number of nitrogens with zero attached hydrogens (tertiary/aromatic N) is 1. The predicted molar refractivity (Wildman–Crippen MR) is 71.1 cm³/mol. The van der Waals surface area contributed by atoms with Crippen LogP contribution in [-0.2, 0) is 0 Å². The molecule has 0 unspecified atom stereocenters. The van der Waals surface area contributed by atoms with Crippen molar-refractivity contribution in [3.05, 3.63) is 45.5 Å². The fourth-order valence-corrected chi connectivity index (χ4v) is 1.56. The number of hydrogen-bond acceptors (Lipinski definition) is 4. The van der Waals surface area contributed by atoms with E-state index in [0.29, 0.717) is 23.7 Å². The van der Waals surface area contributed by atoms with Crippen LogP contribution in [0.4, 0.5) is 5.69 Å². The van der Waals surface area contributed by atoms with Gasteiger partial charge in [-0.05, 0) is 25.5 Å². The first kappa shape index (κ1) is 13.6. The van der Waals surface area contributed by atoms with Crippen LogP contribution >= 0.6 is 12.6 Å². The first-order chi connectivity index (χ1) is 8.06. The molecular weight excluding hydrogens is 238 g/mol. The van der Waals surface area contributed by atoms with Gasteiger partial charge in [0.05, 0.1) is 4.92 Å². The number of nitro groups is 1. The number of thiol groups is 1. The zero-order valence-electron chi connectivity index (χ0n) is 9.84. The van der Waals surface area contributed by atoms with Gasteiger partial charge in [-0.2, -0.15) is 12.6 Å². The molecule has 92 valence electrons. The minimum Gasteiger partial charge on any atom is -0.489 e. The highest BCUT2D eigenvalue weighted by Crippen LogP contribution is 2.27. The highest BCUT2D eigenvalue weighted by atomic mass is 32.1. The Labute approximate surface area is 106 Å². The molecule has 1 aromatic rings. The van der Waals surface area contributed by atoms with E-state index in [-0.39, 0.29) is 10.6 Å². The normalized spacial score (nSPS) is 10.8. The summed E-state index contributed by atoms with van der Waals surface area (Å²) < 4.78 is 5.51. The van der Waals surface area contributed by atoms with Gasteiger partial charge in [0.25, 0.3) is 5.69 Å². The average Bonchev–Trinajstić information content (AvgIpc) is 2.28. The van der Waals surface area contributed by atoms with Crippen molar-refractivity contribution in [1.29, 1.82) is 0 Å². The quantitative estimate of drug-likeness (QED) is 0.380. The second-order valence-electron chi connectivity index (χ2n) is 3.63. The fourth-order valence-electron chi connectivity index (χ4n) is 1.41. The molecule has 1 rings (SSSR count). The van der Waals surface area contributed by atoms with E-state index in [1.54, 1.807) is 19.9 Å². The monoisotopic (exact) mass is 253 g/mol. The average molecular weight is 253 g/mol. The number of rotatable bonds is 5. The van der Waals surface area contributed by atoms with Crippen molar-refractivity contribution in [1.82, 2.24) is 0 Å². The number of hydrogen-bond donors (Lipinski definition) is 1. The van der Waals surface area contributed by atoms with Crippen LogP contribution < -0.4 is 4.74 Å². The molecule has 0 amide bonds. The summed E-state index contributed by atoms with van der Waals surface area (Å²) in [6.45, 7) is 3.94. The largest absolute Gasteiger partial charge is 0.489 e. The van der Waals surface area contributed by atoms with Gasteiger partial charge in [0.2, 0.25) is 0 Å². The van der Waals surface area contributed by atoms with Crippen LogP contribution in [0.5, 0.6) is 5.75 Å². The first-order valence-electron chi connectivity index (χ1n) is 5.20. The molecule has 0 aliphatic carbocycles. The van der Waals surface area contributed by atoms with Crippen LogP contribution in [0.2, 0.25) is 0 Å². The molecule has 0 fully saturated rings. The van der Waals surface area contributed by atoms with Gasteiger partial charge in [-0.15, -0.1) is 0 Å². The van der Waals surface area contributed by atoms with E-state index >= 15 is 0 Å². The Morgan fingerprint density at radius 1 is 1.35 bits per heavy atom. The van der Waals surface area contributed by atoms with E-state index in [1.165, 1.54) is 6.07 Å². The van der Waals surface area contributed by atoms with Crippen LogP contribution in [0.3, 0.4) is 0 Å². The summed E-state index contributed by atoms with van der Waals surface area (Å²) in [6, 6.07) is 3.23. The fraction of sp³-hybridized carbons (Fsp3) is 0.333. The number of aryl methyl sites for hydroxylation is 2. The Balaban J connectivity index is 2.84. The Kier molecular flexibility index (Phi) is 5.03. The molecule has 0 aliphatic rings. The first-order valence-corrected chi connectivity index (χ1v) is 5.83. The lowest BCUT2D eigenvalue weighted by Crippen LogP contribution is -1.99.